The molecule has 2 rings (SSSR count). The molecule has 3 N–H and O–H groups in total. The maximum atomic E-state index is 12.4. The lowest BCUT2D eigenvalue weighted by atomic mass is 9.87. The third kappa shape index (κ3) is 5.05. The Morgan fingerprint density at radius 2 is 2.08 bits per heavy atom. The van der Waals surface area contributed by atoms with Crippen molar-refractivity contribution in [1.82, 2.24) is 10.2 Å². The third-order valence-electron chi connectivity index (χ3n) is 4.34. The lowest BCUT2D eigenvalue weighted by molar-refractivity contribution is -0.124. The fourth-order valence-corrected chi connectivity index (χ4v) is 3.17. The molecule has 0 bridgehead atoms. The maximum Gasteiger partial charge on any atom is 0.238 e. The Hall–Kier alpha value is -1.90. The van der Waals surface area contributed by atoms with Crippen LogP contribution in [0.3, 0.4) is 0 Å². The van der Waals surface area contributed by atoms with Crippen LogP contribution in [-0.4, -0.2) is 35.5 Å². The molecule has 0 saturated carbocycles. The number of nitrogens with one attached hydrogen (secondary N) is 1. The van der Waals surface area contributed by atoms with Gasteiger partial charge in [0.25, 0.3) is 0 Å². The summed E-state index contributed by atoms with van der Waals surface area (Å²) in [6.45, 7) is 8.27. The van der Waals surface area contributed by atoms with Crippen molar-refractivity contribution in [2.24, 2.45) is 11.1 Å². The highest BCUT2D eigenvalue weighted by atomic mass is 16.2. The standard InChI is InChI=1S/C19H28N4O/c1-18(2,3)11-16(21)17(24)22-19(13-20)9-10-23(14-19)12-15-7-5-4-6-8-15/h4-8,16H,9-12,14,21H2,1-3H3,(H,22,24). The van der Waals surface area contributed by atoms with Gasteiger partial charge in [-0.25, -0.2) is 0 Å². The first kappa shape index (κ1) is 18.4. The number of nitrogens with zero attached hydrogens (tertiary/aromatic N) is 2. The molecule has 24 heavy (non-hydrogen) atoms. The molecular weight excluding hydrogens is 300 g/mol. The van der Waals surface area contributed by atoms with E-state index >= 15 is 0 Å². The van der Waals surface area contributed by atoms with Crippen LogP contribution in [0.1, 0.15) is 39.2 Å². The van der Waals surface area contributed by atoms with Crippen molar-refractivity contribution in [3.8, 4) is 6.07 Å². The summed E-state index contributed by atoms with van der Waals surface area (Å²) in [7, 11) is 0. The Bertz CT molecular complexity index is 602. The summed E-state index contributed by atoms with van der Waals surface area (Å²) in [5.41, 5.74) is 6.37. The molecule has 2 unspecified atom stereocenters. The number of rotatable bonds is 5. The van der Waals surface area contributed by atoms with Gasteiger partial charge in [-0.15, -0.1) is 0 Å². The molecule has 2 atom stereocenters. The van der Waals surface area contributed by atoms with E-state index < -0.39 is 11.6 Å². The van der Waals surface area contributed by atoms with Crippen LogP contribution in [0.4, 0.5) is 0 Å². The molecule has 0 aromatic heterocycles. The number of hydrogen-bond donors (Lipinski definition) is 2. The molecule has 1 aliphatic rings. The molecule has 1 aromatic rings. The second kappa shape index (κ2) is 7.33. The van der Waals surface area contributed by atoms with Gasteiger partial charge in [-0.05, 0) is 23.8 Å². The zero-order chi connectivity index (χ0) is 17.8. The minimum atomic E-state index is -0.832. The van der Waals surface area contributed by atoms with Crippen LogP contribution in [0.5, 0.6) is 0 Å². The van der Waals surface area contributed by atoms with E-state index in [0.29, 0.717) is 19.4 Å². The first-order valence-electron chi connectivity index (χ1n) is 8.48. The molecule has 1 aliphatic heterocycles. The number of hydrogen-bond acceptors (Lipinski definition) is 4. The lowest BCUT2D eigenvalue weighted by Gasteiger charge is -2.27. The lowest BCUT2D eigenvalue weighted by Crippen LogP contribution is -2.54. The molecule has 5 nitrogen and oxygen atoms in total. The summed E-state index contributed by atoms with van der Waals surface area (Å²) in [6.07, 6.45) is 1.22. The summed E-state index contributed by atoms with van der Waals surface area (Å²) >= 11 is 0. The number of nitrogens with two attached hydrogens (primary N) is 1. The first-order valence-corrected chi connectivity index (χ1v) is 8.48. The van der Waals surface area contributed by atoms with Crippen LogP contribution in [0.25, 0.3) is 0 Å². The van der Waals surface area contributed by atoms with Gasteiger partial charge in [-0.1, -0.05) is 51.1 Å². The Kier molecular flexibility index (Phi) is 5.63. The molecular formula is C19H28N4O. The average molecular weight is 328 g/mol. The molecule has 1 fully saturated rings. The molecule has 1 amide bonds. The monoisotopic (exact) mass is 328 g/mol. The van der Waals surface area contributed by atoms with E-state index in [9.17, 15) is 10.1 Å². The summed E-state index contributed by atoms with van der Waals surface area (Å²) in [4.78, 5) is 14.6. The predicted octanol–water partition coefficient (Wildman–Crippen LogP) is 2.03. The Morgan fingerprint density at radius 1 is 1.42 bits per heavy atom. The smallest absolute Gasteiger partial charge is 0.238 e. The van der Waals surface area contributed by atoms with Crippen LogP contribution in [-0.2, 0) is 11.3 Å². The number of amides is 1. The van der Waals surface area contributed by atoms with E-state index in [0.717, 1.165) is 13.1 Å². The molecule has 1 heterocycles. The molecule has 0 radical (unpaired) electrons. The number of likely N-dealkylation sites (tertiary alicyclic amines) is 1. The van der Waals surface area contributed by atoms with Gasteiger partial charge in [0, 0.05) is 19.6 Å². The topological polar surface area (TPSA) is 82.1 Å². The van der Waals surface area contributed by atoms with Gasteiger partial charge in [0.15, 0.2) is 0 Å². The van der Waals surface area contributed by atoms with E-state index in [2.05, 4.69) is 49.2 Å². The maximum absolute atomic E-state index is 12.4. The number of nitriles is 1. The Morgan fingerprint density at radius 3 is 2.67 bits per heavy atom. The van der Waals surface area contributed by atoms with Crippen LogP contribution >= 0.6 is 0 Å². The highest BCUT2D eigenvalue weighted by Gasteiger charge is 2.40. The van der Waals surface area contributed by atoms with Crippen LogP contribution in [0, 0.1) is 16.7 Å². The van der Waals surface area contributed by atoms with Crippen molar-refractivity contribution in [3.63, 3.8) is 0 Å². The molecule has 0 aliphatic carbocycles. The van der Waals surface area contributed by atoms with Gasteiger partial charge in [0.1, 0.15) is 5.54 Å². The molecule has 130 valence electrons. The van der Waals surface area contributed by atoms with Gasteiger partial charge in [-0.3, -0.25) is 9.69 Å². The highest BCUT2D eigenvalue weighted by molar-refractivity contribution is 5.82. The predicted molar refractivity (Wildman–Crippen MR) is 94.9 cm³/mol. The van der Waals surface area contributed by atoms with Gasteiger partial charge in [0.05, 0.1) is 12.1 Å². The third-order valence-corrected chi connectivity index (χ3v) is 4.34. The fraction of sp³-hybridized carbons (Fsp3) is 0.579. The first-order chi connectivity index (χ1) is 11.2. The number of carbonyl (C=O) groups excluding carboxylic acids is 1. The molecule has 1 aromatic carbocycles. The second-order valence-corrected chi connectivity index (χ2v) is 8.00. The summed E-state index contributed by atoms with van der Waals surface area (Å²) in [5.74, 6) is -0.229. The number of carbonyl (C=O) groups is 1. The molecule has 0 spiro atoms. The zero-order valence-electron chi connectivity index (χ0n) is 14.9. The minimum absolute atomic E-state index is 0.0222. The van der Waals surface area contributed by atoms with Gasteiger partial charge in [0.2, 0.25) is 5.91 Å². The van der Waals surface area contributed by atoms with Crippen LogP contribution in [0.15, 0.2) is 30.3 Å². The van der Waals surface area contributed by atoms with E-state index in [1.807, 2.05) is 18.2 Å². The normalized spacial score (nSPS) is 22.8. The molecule has 1 saturated heterocycles. The van der Waals surface area contributed by atoms with Crippen molar-refractivity contribution in [2.75, 3.05) is 13.1 Å². The van der Waals surface area contributed by atoms with Gasteiger partial charge >= 0.3 is 0 Å². The van der Waals surface area contributed by atoms with Crippen molar-refractivity contribution in [2.45, 2.75) is 51.7 Å². The van der Waals surface area contributed by atoms with E-state index in [1.165, 1.54) is 5.56 Å². The van der Waals surface area contributed by atoms with E-state index in [-0.39, 0.29) is 11.3 Å². The second-order valence-electron chi connectivity index (χ2n) is 8.00. The van der Waals surface area contributed by atoms with Gasteiger partial charge < -0.3 is 11.1 Å². The quantitative estimate of drug-likeness (QED) is 0.866. The number of benzene rings is 1. The van der Waals surface area contributed by atoms with Gasteiger partial charge in [-0.2, -0.15) is 5.26 Å². The van der Waals surface area contributed by atoms with Crippen molar-refractivity contribution in [3.05, 3.63) is 35.9 Å². The summed E-state index contributed by atoms with van der Waals surface area (Å²) in [5, 5.41) is 12.5. The minimum Gasteiger partial charge on any atom is -0.335 e. The average Bonchev–Trinajstić information content (AvgIpc) is 2.90. The zero-order valence-corrected chi connectivity index (χ0v) is 14.9. The van der Waals surface area contributed by atoms with Crippen molar-refractivity contribution < 1.29 is 4.79 Å². The summed E-state index contributed by atoms with van der Waals surface area (Å²) < 4.78 is 0. The Labute approximate surface area is 144 Å². The van der Waals surface area contributed by atoms with E-state index in [4.69, 9.17) is 5.73 Å². The van der Waals surface area contributed by atoms with E-state index in [1.54, 1.807) is 0 Å². The van der Waals surface area contributed by atoms with Crippen molar-refractivity contribution >= 4 is 5.91 Å². The van der Waals surface area contributed by atoms with Crippen LogP contribution < -0.4 is 11.1 Å². The van der Waals surface area contributed by atoms with Crippen LogP contribution in [0.2, 0.25) is 0 Å². The highest BCUT2D eigenvalue weighted by Crippen LogP contribution is 2.24. The summed E-state index contributed by atoms with van der Waals surface area (Å²) in [6, 6.07) is 11.9. The van der Waals surface area contributed by atoms with Crippen molar-refractivity contribution in [1.29, 1.82) is 5.26 Å². The largest absolute Gasteiger partial charge is 0.335 e. The SMILES string of the molecule is CC(C)(C)CC(N)C(=O)NC1(C#N)CCN(Cc2ccccc2)C1. The Balaban J connectivity index is 1.95. The fourth-order valence-electron chi connectivity index (χ4n) is 3.17. The molecule has 5 heteroatoms.